The van der Waals surface area contributed by atoms with Crippen molar-refractivity contribution in [3.63, 3.8) is 0 Å². The van der Waals surface area contributed by atoms with Gasteiger partial charge in [0.25, 0.3) is 5.56 Å². The lowest BCUT2D eigenvalue weighted by Crippen LogP contribution is -2.20. The van der Waals surface area contributed by atoms with Gasteiger partial charge in [-0.05, 0) is 51.1 Å². The van der Waals surface area contributed by atoms with Crippen LogP contribution in [0.15, 0.2) is 56.8 Å². The average molecular weight is 400 g/mol. The van der Waals surface area contributed by atoms with E-state index < -0.39 is 0 Å². The van der Waals surface area contributed by atoms with Crippen molar-refractivity contribution in [3.05, 3.63) is 68.7 Å². The Morgan fingerprint density at radius 3 is 2.76 bits per heavy atom. The molecule has 1 heterocycles. The molecule has 0 spiro atoms. The van der Waals surface area contributed by atoms with Gasteiger partial charge in [0.1, 0.15) is 11.6 Å². The Balaban J connectivity index is 2.07. The number of nitrogens with zero attached hydrogens (tertiary/aromatic N) is 3. The maximum Gasteiger partial charge on any atom is 0.282 e. The summed E-state index contributed by atoms with van der Waals surface area (Å²) in [5.74, 6) is 1.25. The fourth-order valence-electron chi connectivity index (χ4n) is 2.46. The molecule has 0 fully saturated rings. The van der Waals surface area contributed by atoms with Crippen LogP contribution in [0.25, 0.3) is 10.9 Å². The van der Waals surface area contributed by atoms with E-state index in [0.717, 1.165) is 15.8 Å². The molecule has 0 aliphatic heterocycles. The highest BCUT2D eigenvalue weighted by Crippen LogP contribution is 2.18. The maximum absolute atomic E-state index is 12.7. The lowest BCUT2D eigenvalue weighted by atomic mass is 10.2. The van der Waals surface area contributed by atoms with E-state index in [-0.39, 0.29) is 11.7 Å². The zero-order chi connectivity index (χ0) is 18.0. The number of aromatic nitrogens is 2. The van der Waals surface area contributed by atoms with E-state index in [1.54, 1.807) is 19.2 Å². The molecule has 3 rings (SSSR count). The number of halogens is 1. The van der Waals surface area contributed by atoms with E-state index >= 15 is 0 Å². The molecule has 0 aliphatic carbocycles. The van der Waals surface area contributed by atoms with Gasteiger partial charge in [0.05, 0.1) is 23.2 Å². The number of aryl methyl sites for hydroxylation is 1. The molecule has 0 bridgehead atoms. The second-order valence-corrected chi connectivity index (χ2v) is 6.80. The van der Waals surface area contributed by atoms with Gasteiger partial charge in [0.2, 0.25) is 0 Å². The summed E-state index contributed by atoms with van der Waals surface area (Å²) in [6, 6.07) is 13.0. The predicted octanol–water partition coefficient (Wildman–Crippen LogP) is 4.14. The van der Waals surface area contributed by atoms with E-state index in [4.69, 9.17) is 4.74 Å². The largest absolute Gasteiger partial charge is 0.490 e. The highest BCUT2D eigenvalue weighted by Gasteiger charge is 2.08. The summed E-state index contributed by atoms with van der Waals surface area (Å²) < 4.78 is 7.91. The van der Waals surface area contributed by atoms with Crippen molar-refractivity contribution in [3.8, 4) is 5.75 Å². The minimum atomic E-state index is -0.206. The Bertz CT molecular complexity index is 1010. The Morgan fingerprint density at radius 1 is 1.24 bits per heavy atom. The van der Waals surface area contributed by atoms with Crippen LogP contribution in [-0.4, -0.2) is 22.0 Å². The van der Waals surface area contributed by atoms with Crippen molar-refractivity contribution in [2.75, 3.05) is 0 Å². The molecule has 3 aromatic rings. The molecule has 25 heavy (non-hydrogen) atoms. The summed E-state index contributed by atoms with van der Waals surface area (Å²) in [6.45, 7) is 5.69. The molecule has 2 aromatic carbocycles. The van der Waals surface area contributed by atoms with Crippen LogP contribution in [0.2, 0.25) is 0 Å². The summed E-state index contributed by atoms with van der Waals surface area (Å²) >= 11 is 3.39. The average Bonchev–Trinajstić information content (AvgIpc) is 2.56. The van der Waals surface area contributed by atoms with E-state index in [1.807, 2.05) is 50.2 Å². The van der Waals surface area contributed by atoms with E-state index in [0.29, 0.717) is 16.7 Å². The zero-order valence-electron chi connectivity index (χ0n) is 14.2. The molecule has 0 unspecified atom stereocenters. The van der Waals surface area contributed by atoms with Crippen LogP contribution in [0.1, 0.15) is 25.2 Å². The topological polar surface area (TPSA) is 56.5 Å². The molecule has 0 amide bonds. The van der Waals surface area contributed by atoms with Crippen LogP contribution in [0.4, 0.5) is 0 Å². The van der Waals surface area contributed by atoms with E-state index in [1.165, 1.54) is 4.68 Å². The normalized spacial score (nSPS) is 11.6. The monoisotopic (exact) mass is 399 g/mol. The third-order valence-corrected chi connectivity index (χ3v) is 4.06. The number of ether oxygens (including phenoxy) is 1. The third-order valence-electron chi connectivity index (χ3n) is 3.56. The molecule has 128 valence electrons. The lowest BCUT2D eigenvalue weighted by molar-refractivity contribution is 0.242. The van der Waals surface area contributed by atoms with Crippen LogP contribution in [0.3, 0.4) is 0 Å². The van der Waals surface area contributed by atoms with E-state index in [2.05, 4.69) is 26.0 Å². The smallest absolute Gasteiger partial charge is 0.282 e. The zero-order valence-corrected chi connectivity index (χ0v) is 15.8. The number of fused-ring (bicyclic) bond motifs is 1. The first kappa shape index (κ1) is 17.4. The maximum atomic E-state index is 12.7. The third kappa shape index (κ3) is 3.79. The van der Waals surface area contributed by atoms with Crippen LogP contribution in [-0.2, 0) is 0 Å². The Kier molecular flexibility index (Phi) is 4.99. The standard InChI is InChI=1S/C19H18BrN3O2/c1-12(2)25-18-7-5-4-6-14(18)11-21-23-13(3)22-17-9-8-15(20)10-16(17)19(23)24/h4-12H,1-3H3. The highest BCUT2D eigenvalue weighted by atomic mass is 79.9. The van der Waals surface area contributed by atoms with Gasteiger partial charge in [-0.3, -0.25) is 4.79 Å². The predicted molar refractivity (Wildman–Crippen MR) is 104 cm³/mol. The number of rotatable bonds is 4. The molecule has 0 N–H and O–H groups in total. The van der Waals surface area contributed by atoms with Crippen molar-refractivity contribution in [2.45, 2.75) is 26.9 Å². The molecular weight excluding hydrogens is 382 g/mol. The molecule has 0 aliphatic rings. The lowest BCUT2D eigenvalue weighted by Gasteiger charge is -2.12. The number of hydrogen-bond donors (Lipinski definition) is 0. The summed E-state index contributed by atoms with van der Waals surface area (Å²) in [7, 11) is 0. The molecule has 0 radical (unpaired) electrons. The van der Waals surface area contributed by atoms with Crippen LogP contribution in [0.5, 0.6) is 5.75 Å². The fourth-order valence-corrected chi connectivity index (χ4v) is 2.83. The molecule has 0 saturated carbocycles. The molecule has 6 heteroatoms. The van der Waals surface area contributed by atoms with Gasteiger partial charge < -0.3 is 4.74 Å². The first-order valence-corrected chi connectivity index (χ1v) is 8.74. The first-order chi connectivity index (χ1) is 12.0. The van der Waals surface area contributed by atoms with Gasteiger partial charge in [-0.15, -0.1) is 0 Å². The SMILES string of the molecule is Cc1nc2ccc(Br)cc2c(=O)n1N=Cc1ccccc1OC(C)C. The van der Waals surface area contributed by atoms with Crippen molar-refractivity contribution < 1.29 is 4.74 Å². The summed E-state index contributed by atoms with van der Waals surface area (Å²) in [6.07, 6.45) is 1.68. The molecule has 0 atom stereocenters. The number of hydrogen-bond acceptors (Lipinski definition) is 4. The minimum Gasteiger partial charge on any atom is -0.490 e. The Morgan fingerprint density at radius 2 is 2.00 bits per heavy atom. The minimum absolute atomic E-state index is 0.0543. The van der Waals surface area contributed by atoms with Crippen LogP contribution in [0, 0.1) is 6.92 Å². The number of benzene rings is 2. The second kappa shape index (κ2) is 7.19. The quantitative estimate of drug-likeness (QED) is 0.619. The molecule has 1 aromatic heterocycles. The van der Waals surface area contributed by atoms with Gasteiger partial charge in [-0.2, -0.15) is 9.78 Å². The first-order valence-electron chi connectivity index (χ1n) is 7.94. The second-order valence-electron chi connectivity index (χ2n) is 5.89. The van der Waals surface area contributed by atoms with Crippen molar-refractivity contribution in [2.24, 2.45) is 5.10 Å². The Hall–Kier alpha value is -2.47. The van der Waals surface area contributed by atoms with Gasteiger partial charge in [-0.25, -0.2) is 4.98 Å². The van der Waals surface area contributed by atoms with Gasteiger partial charge in [-0.1, -0.05) is 28.1 Å². The summed E-state index contributed by atoms with van der Waals surface area (Å²) in [5.41, 5.74) is 1.25. The van der Waals surface area contributed by atoms with E-state index in [9.17, 15) is 4.79 Å². The van der Waals surface area contributed by atoms with Crippen molar-refractivity contribution in [1.29, 1.82) is 0 Å². The van der Waals surface area contributed by atoms with Crippen LogP contribution < -0.4 is 10.3 Å². The van der Waals surface area contributed by atoms with Crippen molar-refractivity contribution in [1.82, 2.24) is 9.66 Å². The summed E-state index contributed by atoms with van der Waals surface area (Å²) in [5, 5.41) is 4.86. The molecule has 0 saturated heterocycles. The number of para-hydroxylation sites is 1. The van der Waals surface area contributed by atoms with Crippen molar-refractivity contribution >= 4 is 33.0 Å². The molecular formula is C19H18BrN3O2. The molecule has 5 nitrogen and oxygen atoms in total. The van der Waals surface area contributed by atoms with Gasteiger partial charge >= 0.3 is 0 Å². The Labute approximate surface area is 154 Å². The fraction of sp³-hybridized carbons (Fsp3) is 0.211. The highest BCUT2D eigenvalue weighted by molar-refractivity contribution is 9.10. The summed E-state index contributed by atoms with van der Waals surface area (Å²) in [4.78, 5) is 17.2. The van der Waals surface area contributed by atoms with Crippen LogP contribution >= 0.6 is 15.9 Å². The van der Waals surface area contributed by atoms with Gasteiger partial charge in [0, 0.05) is 10.0 Å². The van der Waals surface area contributed by atoms with Gasteiger partial charge in [0.15, 0.2) is 0 Å².